The molecule has 2 rings (SSSR count). The number of amides is 2. The molecule has 1 aliphatic rings. The number of thiocarbonyl (C=S) groups is 1. The molecule has 32 heavy (non-hydrogen) atoms. The molecular weight excluding hydrogens is 503 g/mol. The Bertz CT molecular complexity index is 1000. The second-order valence-electron chi connectivity index (χ2n) is 6.16. The van der Waals surface area contributed by atoms with Crippen LogP contribution in [0.5, 0.6) is 0 Å². The normalized spacial score (nSPS) is 19.8. The second-order valence-corrected chi connectivity index (χ2v) is 7.99. The van der Waals surface area contributed by atoms with Crippen LogP contribution in [0.2, 0.25) is 5.02 Å². The Labute approximate surface area is 214 Å². The van der Waals surface area contributed by atoms with E-state index in [9.17, 15) is 37.9 Å². The van der Waals surface area contributed by atoms with Crippen molar-refractivity contribution in [2.24, 2.45) is 0 Å². The molecule has 1 heterocycles. The Balaban J connectivity index is 0.00000512. The number of aliphatic hydroxyl groups excluding tert-OH is 4. The molecule has 12 nitrogen and oxygen atoms in total. The predicted molar refractivity (Wildman–Crippen MR) is 107 cm³/mol. The summed E-state index contributed by atoms with van der Waals surface area (Å²) in [7, 11) is -5.51. The fourth-order valence-electron chi connectivity index (χ4n) is 2.55. The van der Waals surface area contributed by atoms with Crippen molar-refractivity contribution < 1.29 is 76.7 Å². The number of anilines is 1. The first-order chi connectivity index (χ1) is 14.4. The fourth-order valence-corrected chi connectivity index (χ4v) is 3.45. The maximum absolute atomic E-state index is 12.8. The summed E-state index contributed by atoms with van der Waals surface area (Å²) in [6.07, 6.45) is -8.39. The van der Waals surface area contributed by atoms with Gasteiger partial charge in [0.05, 0.1) is 12.3 Å². The zero-order chi connectivity index (χ0) is 23.5. The molecular formula is C16H16ClN2NaO10S2. The van der Waals surface area contributed by atoms with E-state index >= 15 is 0 Å². The predicted octanol–water partition coefficient (Wildman–Crippen LogP) is -5.06. The minimum absolute atomic E-state index is 0. The maximum Gasteiger partial charge on any atom is 1.00 e. The summed E-state index contributed by atoms with van der Waals surface area (Å²) in [4.78, 5) is 25.9. The first kappa shape index (κ1) is 29.0. The van der Waals surface area contributed by atoms with E-state index in [2.05, 4.69) is 9.50 Å². The van der Waals surface area contributed by atoms with Gasteiger partial charge in [-0.25, -0.2) is 8.42 Å². The number of benzene rings is 1. The molecule has 0 aromatic heterocycles. The number of hydrogen-bond donors (Lipinski definition) is 5. The summed E-state index contributed by atoms with van der Waals surface area (Å²) < 4.78 is 36.9. The van der Waals surface area contributed by atoms with Crippen molar-refractivity contribution in [2.45, 2.75) is 24.4 Å². The Morgan fingerprint density at radius 1 is 1.22 bits per heavy atom. The van der Waals surface area contributed by atoms with Crippen LogP contribution in [0.4, 0.5) is 5.69 Å². The monoisotopic (exact) mass is 518 g/mol. The molecule has 5 N–H and O–H groups in total. The molecule has 0 bridgehead atoms. The number of hydrogen-bond acceptors (Lipinski definition) is 11. The number of rotatable bonds is 8. The minimum atomic E-state index is -5.51. The molecule has 1 aromatic carbocycles. The van der Waals surface area contributed by atoms with Crippen LogP contribution in [0.3, 0.4) is 0 Å². The van der Waals surface area contributed by atoms with Gasteiger partial charge in [0.15, 0.2) is 5.11 Å². The number of aliphatic hydroxyl groups is 4. The zero-order valence-electron chi connectivity index (χ0n) is 16.3. The van der Waals surface area contributed by atoms with E-state index < -0.39 is 58.8 Å². The second kappa shape index (κ2) is 11.9. The average molecular weight is 519 g/mol. The van der Waals surface area contributed by atoms with Crippen molar-refractivity contribution in [1.29, 1.82) is 0 Å². The van der Waals surface area contributed by atoms with Crippen LogP contribution >= 0.6 is 23.8 Å². The average Bonchev–Trinajstić information content (AvgIpc) is 2.68. The molecule has 0 saturated carbocycles. The Kier molecular flexibility index (Phi) is 10.8. The molecule has 170 valence electrons. The van der Waals surface area contributed by atoms with Crippen molar-refractivity contribution in [3.05, 3.63) is 40.9 Å². The van der Waals surface area contributed by atoms with Crippen LogP contribution in [0.15, 0.2) is 35.9 Å². The quantitative estimate of drug-likeness (QED) is 0.0551. The van der Waals surface area contributed by atoms with Gasteiger partial charge in [0.2, 0.25) is 10.4 Å². The molecule has 1 aliphatic heterocycles. The van der Waals surface area contributed by atoms with Crippen molar-refractivity contribution in [3.8, 4) is 0 Å². The molecule has 1 aromatic rings. The molecule has 0 radical (unpaired) electrons. The van der Waals surface area contributed by atoms with Gasteiger partial charge in [0.25, 0.3) is 11.8 Å². The summed E-state index contributed by atoms with van der Waals surface area (Å²) >= 11 is 10.8. The zero-order valence-corrected chi connectivity index (χ0v) is 20.7. The van der Waals surface area contributed by atoms with Gasteiger partial charge in [0, 0.05) is 5.02 Å². The third-order valence-corrected chi connectivity index (χ3v) is 5.00. The van der Waals surface area contributed by atoms with Crippen LogP contribution < -0.4 is 39.8 Å². The van der Waals surface area contributed by atoms with Crippen LogP contribution in [0.1, 0.15) is 0 Å². The van der Waals surface area contributed by atoms with Crippen molar-refractivity contribution in [2.75, 3.05) is 11.5 Å². The van der Waals surface area contributed by atoms with Crippen molar-refractivity contribution in [1.82, 2.24) is 5.32 Å². The van der Waals surface area contributed by atoms with Gasteiger partial charge >= 0.3 is 29.6 Å². The molecule has 1 saturated heterocycles. The Morgan fingerprint density at radius 2 is 1.78 bits per heavy atom. The first-order valence-electron chi connectivity index (χ1n) is 8.32. The van der Waals surface area contributed by atoms with E-state index in [-0.39, 0.29) is 40.4 Å². The van der Waals surface area contributed by atoms with Gasteiger partial charge in [-0.05, 0) is 42.6 Å². The smallest absolute Gasteiger partial charge is 0.726 e. The van der Waals surface area contributed by atoms with Gasteiger partial charge in [0.1, 0.15) is 30.0 Å². The number of nitrogens with zero attached hydrogens (tertiary/aromatic N) is 1. The van der Waals surface area contributed by atoms with Crippen LogP contribution in [-0.4, -0.2) is 81.3 Å². The van der Waals surface area contributed by atoms with E-state index in [1.807, 2.05) is 0 Å². The van der Waals surface area contributed by atoms with Crippen LogP contribution in [0, 0.1) is 0 Å². The summed E-state index contributed by atoms with van der Waals surface area (Å²) in [5.41, 5.74) is -0.538. The van der Waals surface area contributed by atoms with Gasteiger partial charge < -0.3 is 25.0 Å². The summed E-state index contributed by atoms with van der Waals surface area (Å²) in [5.74, 6) is -2.10. The molecule has 0 spiro atoms. The van der Waals surface area contributed by atoms with Gasteiger partial charge in [-0.3, -0.25) is 24.0 Å². The third-order valence-electron chi connectivity index (χ3n) is 4.01. The number of nitrogens with one attached hydrogen (secondary N) is 1. The van der Waals surface area contributed by atoms with E-state index in [1.54, 1.807) is 0 Å². The number of carbonyl (C=O) groups excluding carboxylic acids is 2. The molecule has 16 heteroatoms. The summed E-state index contributed by atoms with van der Waals surface area (Å²) in [5, 5.41) is 40.9. The standard InChI is InChI=1S/C16H17ClN2O10S2.Na/c17-7-1-3-8(4-2-7)19-15(25)9(14(24)18-16(19)30)5-10(21)13(29-31(26,27)28)12(23)11(22)6-20;/h1-5,10-13,20-23H,6H2,(H,18,24,30)(H,26,27,28);/q;+1/p-1/b9-5+;/t10-,11+,12+,13+;/m0./s1. The SMILES string of the molecule is O=C1NC(=S)N(c2ccc(Cl)cc2)C(=O)/C1=C/[C@H](O)[C@@H](OS(=O)(=O)[O-])[C@H](O)[C@H](O)CO.[Na+]. The van der Waals surface area contributed by atoms with E-state index in [4.69, 9.17) is 28.9 Å². The first-order valence-corrected chi connectivity index (χ1v) is 10.4. The fraction of sp³-hybridized carbons (Fsp3) is 0.312. The number of halogens is 1. The Hall–Kier alpha value is -1.01. The van der Waals surface area contributed by atoms with E-state index in [0.29, 0.717) is 11.1 Å². The van der Waals surface area contributed by atoms with Gasteiger partial charge in [-0.2, -0.15) is 0 Å². The van der Waals surface area contributed by atoms with Crippen molar-refractivity contribution in [3.63, 3.8) is 0 Å². The van der Waals surface area contributed by atoms with E-state index in [0.717, 1.165) is 4.90 Å². The Morgan fingerprint density at radius 3 is 2.28 bits per heavy atom. The molecule has 0 aliphatic carbocycles. The molecule has 4 atom stereocenters. The molecule has 2 amide bonds. The maximum atomic E-state index is 12.8. The van der Waals surface area contributed by atoms with Crippen LogP contribution in [0.25, 0.3) is 0 Å². The third kappa shape index (κ3) is 7.24. The van der Waals surface area contributed by atoms with Gasteiger partial charge in [-0.1, -0.05) is 11.6 Å². The number of carbonyl (C=O) groups is 2. The van der Waals surface area contributed by atoms with Gasteiger partial charge in [-0.15, -0.1) is 0 Å². The summed E-state index contributed by atoms with van der Waals surface area (Å²) in [6, 6.07) is 5.71. The minimum Gasteiger partial charge on any atom is -0.726 e. The topological polar surface area (TPSA) is 197 Å². The van der Waals surface area contributed by atoms with Crippen LogP contribution in [-0.2, 0) is 24.2 Å². The largest absolute Gasteiger partial charge is 1.00 e. The summed E-state index contributed by atoms with van der Waals surface area (Å²) in [6.45, 7) is -1.08. The van der Waals surface area contributed by atoms with E-state index in [1.165, 1.54) is 24.3 Å². The van der Waals surface area contributed by atoms with Crippen molar-refractivity contribution >= 4 is 56.8 Å². The molecule has 0 unspecified atom stereocenters. The molecule has 1 fully saturated rings.